The molecule has 5 nitrogen and oxygen atoms in total. The van der Waals surface area contributed by atoms with Crippen molar-refractivity contribution in [3.63, 3.8) is 0 Å². The van der Waals surface area contributed by atoms with Crippen molar-refractivity contribution in [2.45, 2.75) is 89.8 Å². The van der Waals surface area contributed by atoms with E-state index < -0.39 is 5.60 Å². The van der Waals surface area contributed by atoms with Crippen molar-refractivity contribution >= 4 is 0 Å². The highest BCUT2D eigenvalue weighted by atomic mass is 16.6. The first-order valence-corrected chi connectivity index (χ1v) is 12.5. The molecule has 4 fully saturated rings. The number of allylic oxidation sites excluding steroid dienone is 1. The van der Waals surface area contributed by atoms with Gasteiger partial charge in [0.2, 0.25) is 0 Å². The fourth-order valence-electron chi connectivity index (χ4n) is 8.12. The average Bonchev–Trinajstić information content (AvgIpc) is 2.99. The van der Waals surface area contributed by atoms with Gasteiger partial charge in [-0.15, -0.1) is 0 Å². The van der Waals surface area contributed by atoms with E-state index in [1.165, 1.54) is 12.8 Å². The van der Waals surface area contributed by atoms with Gasteiger partial charge in [-0.1, -0.05) is 26.0 Å². The lowest BCUT2D eigenvalue weighted by molar-refractivity contribution is -0.207. The summed E-state index contributed by atoms with van der Waals surface area (Å²) in [4.78, 5) is 5.38. The fraction of sp³-hybridized carbons (Fsp3) is 0.920. The first kappa shape index (κ1) is 22.7. The van der Waals surface area contributed by atoms with E-state index in [-0.39, 0.29) is 11.5 Å². The Balaban J connectivity index is 1.43. The molecule has 4 aliphatic carbocycles. The van der Waals surface area contributed by atoms with E-state index in [1.807, 2.05) is 0 Å². The zero-order valence-corrected chi connectivity index (χ0v) is 19.1. The van der Waals surface area contributed by atoms with E-state index in [0.717, 1.165) is 51.4 Å². The van der Waals surface area contributed by atoms with Crippen LogP contribution in [0.1, 0.15) is 78.1 Å². The van der Waals surface area contributed by atoms with Gasteiger partial charge in [-0.25, -0.2) is 0 Å². The van der Waals surface area contributed by atoms with Gasteiger partial charge in [0.15, 0.2) is 0 Å². The van der Waals surface area contributed by atoms with Crippen LogP contribution in [0, 0.1) is 34.5 Å². The zero-order valence-electron chi connectivity index (χ0n) is 19.1. The second-order valence-electron chi connectivity index (χ2n) is 11.2. The van der Waals surface area contributed by atoms with Crippen LogP contribution in [0.3, 0.4) is 0 Å². The van der Waals surface area contributed by atoms with Crippen molar-refractivity contribution < 1.29 is 15.1 Å². The highest BCUT2D eigenvalue weighted by Gasteiger charge is 2.66. The average molecular weight is 421 g/mol. The Morgan fingerprint density at radius 1 is 1.07 bits per heavy atom. The molecule has 0 heterocycles. The summed E-state index contributed by atoms with van der Waals surface area (Å²) < 4.78 is 0. The molecule has 172 valence electrons. The van der Waals surface area contributed by atoms with Crippen molar-refractivity contribution in [2.75, 3.05) is 19.7 Å². The van der Waals surface area contributed by atoms with Gasteiger partial charge < -0.3 is 20.8 Å². The molecule has 0 aliphatic heterocycles. The number of hydrogen-bond donors (Lipinski definition) is 4. The topological polar surface area (TPSA) is 87.7 Å². The Labute approximate surface area is 182 Å². The Morgan fingerprint density at radius 2 is 1.90 bits per heavy atom. The highest BCUT2D eigenvalue weighted by Crippen LogP contribution is 2.69. The number of nitrogens with two attached hydrogens (primary N) is 1. The minimum Gasteiger partial charge on any atom is -0.393 e. The largest absolute Gasteiger partial charge is 0.393 e. The number of aliphatic hydroxyl groups excluding tert-OH is 1. The summed E-state index contributed by atoms with van der Waals surface area (Å²) in [5, 5.41) is 22.4. The summed E-state index contributed by atoms with van der Waals surface area (Å²) in [6.07, 6.45) is 15.0. The van der Waals surface area contributed by atoms with Gasteiger partial charge >= 0.3 is 0 Å². The molecule has 0 bridgehead atoms. The van der Waals surface area contributed by atoms with Crippen molar-refractivity contribution in [1.29, 1.82) is 0 Å². The van der Waals surface area contributed by atoms with Crippen LogP contribution in [-0.2, 0) is 4.84 Å². The third kappa shape index (κ3) is 3.69. The van der Waals surface area contributed by atoms with E-state index in [0.29, 0.717) is 48.8 Å². The second-order valence-corrected chi connectivity index (χ2v) is 11.2. The highest BCUT2D eigenvalue weighted by molar-refractivity contribution is 5.19. The molecule has 4 aliphatic rings. The standard InChI is InChI=1S/C25H44N2O3/c1-23-11-9-20(28)17-19(23)6-7-22-21(23)10-12-24(2)18(8-13-25(22,24)29)5-3-15-27-30-16-4-14-26/h3,5,18-22,27-29H,4,6-17,26H2,1-2H3/b5-3+/t18?,19?,20?,21-,22-,23+,24-,25-/m1/s1. The molecule has 5 heteroatoms. The molecule has 0 spiro atoms. The summed E-state index contributed by atoms with van der Waals surface area (Å²) in [6.45, 7) is 6.83. The van der Waals surface area contributed by atoms with E-state index in [9.17, 15) is 10.2 Å². The Morgan fingerprint density at radius 3 is 2.70 bits per heavy atom. The number of fused-ring (bicyclic) bond motifs is 5. The first-order chi connectivity index (χ1) is 14.3. The molecule has 0 radical (unpaired) electrons. The lowest BCUT2D eigenvalue weighted by Gasteiger charge is -2.63. The van der Waals surface area contributed by atoms with Crippen molar-refractivity contribution in [3.05, 3.63) is 12.2 Å². The van der Waals surface area contributed by atoms with Crippen LogP contribution in [0.2, 0.25) is 0 Å². The molecule has 4 saturated carbocycles. The van der Waals surface area contributed by atoms with Gasteiger partial charge in [0, 0.05) is 12.0 Å². The predicted octanol–water partition coefficient (Wildman–Crippen LogP) is 3.55. The van der Waals surface area contributed by atoms with E-state index in [4.69, 9.17) is 10.6 Å². The number of rotatable bonds is 7. The number of aliphatic hydroxyl groups is 2. The lowest BCUT2D eigenvalue weighted by atomic mass is 9.43. The van der Waals surface area contributed by atoms with Crippen LogP contribution in [0.5, 0.6) is 0 Å². The van der Waals surface area contributed by atoms with Gasteiger partial charge in [-0.3, -0.25) is 0 Å². The van der Waals surface area contributed by atoms with Gasteiger partial charge in [0.05, 0.1) is 18.3 Å². The minimum atomic E-state index is -0.542. The molecular formula is C25H44N2O3. The lowest BCUT2D eigenvalue weighted by Crippen LogP contribution is -2.62. The first-order valence-electron chi connectivity index (χ1n) is 12.5. The van der Waals surface area contributed by atoms with Gasteiger partial charge in [0.1, 0.15) is 0 Å². The zero-order chi connectivity index (χ0) is 21.4. The van der Waals surface area contributed by atoms with Crippen LogP contribution in [0.15, 0.2) is 12.2 Å². The maximum absolute atomic E-state index is 12.2. The van der Waals surface area contributed by atoms with Crippen LogP contribution in [-0.4, -0.2) is 41.6 Å². The molecule has 0 aromatic rings. The quantitative estimate of drug-likeness (QED) is 0.287. The van der Waals surface area contributed by atoms with Crippen LogP contribution in [0.4, 0.5) is 0 Å². The van der Waals surface area contributed by atoms with Crippen molar-refractivity contribution in [3.8, 4) is 0 Å². The number of hydroxylamine groups is 1. The van der Waals surface area contributed by atoms with Gasteiger partial charge in [-0.2, -0.15) is 5.48 Å². The molecule has 0 amide bonds. The SMILES string of the molecule is C[C@]12CCC(O)CC1CC[C@@H]1[C@H]2CC[C@]2(C)C(/C=C/CNOCCCN)CC[C@@]12O. The molecule has 8 atom stereocenters. The molecule has 3 unspecified atom stereocenters. The minimum absolute atomic E-state index is 0.0253. The Kier molecular flexibility index (Phi) is 6.68. The molecule has 0 aromatic carbocycles. The normalized spacial score (nSPS) is 48.4. The summed E-state index contributed by atoms with van der Waals surface area (Å²) in [7, 11) is 0. The van der Waals surface area contributed by atoms with Gasteiger partial charge in [0.25, 0.3) is 0 Å². The number of hydrogen-bond acceptors (Lipinski definition) is 5. The third-order valence-electron chi connectivity index (χ3n) is 10.0. The monoisotopic (exact) mass is 420 g/mol. The molecule has 30 heavy (non-hydrogen) atoms. The summed E-state index contributed by atoms with van der Waals surface area (Å²) in [6, 6.07) is 0. The van der Waals surface area contributed by atoms with Gasteiger partial charge in [-0.05, 0) is 99.8 Å². The van der Waals surface area contributed by atoms with Crippen LogP contribution < -0.4 is 11.2 Å². The number of nitrogens with one attached hydrogen (secondary N) is 1. The van der Waals surface area contributed by atoms with E-state index in [1.54, 1.807) is 0 Å². The summed E-state index contributed by atoms with van der Waals surface area (Å²) in [5.74, 6) is 2.11. The van der Waals surface area contributed by atoms with Crippen molar-refractivity contribution in [1.82, 2.24) is 5.48 Å². The van der Waals surface area contributed by atoms with Crippen molar-refractivity contribution in [2.24, 2.45) is 40.2 Å². The fourth-order valence-corrected chi connectivity index (χ4v) is 8.12. The maximum atomic E-state index is 12.2. The molecule has 0 aromatic heterocycles. The molecule has 5 N–H and O–H groups in total. The Hall–Kier alpha value is -0.460. The van der Waals surface area contributed by atoms with E-state index in [2.05, 4.69) is 31.5 Å². The van der Waals surface area contributed by atoms with E-state index >= 15 is 0 Å². The smallest absolute Gasteiger partial charge is 0.0737 e. The predicted molar refractivity (Wildman–Crippen MR) is 119 cm³/mol. The molecule has 4 rings (SSSR count). The van der Waals surface area contributed by atoms with Crippen LogP contribution >= 0.6 is 0 Å². The van der Waals surface area contributed by atoms with Crippen LogP contribution in [0.25, 0.3) is 0 Å². The Bertz CT molecular complexity index is 628. The summed E-state index contributed by atoms with van der Waals surface area (Å²) in [5.41, 5.74) is 8.22. The molecular weight excluding hydrogens is 376 g/mol. The maximum Gasteiger partial charge on any atom is 0.0737 e. The summed E-state index contributed by atoms with van der Waals surface area (Å²) >= 11 is 0. The molecule has 0 saturated heterocycles. The second kappa shape index (κ2) is 8.82. The third-order valence-corrected chi connectivity index (χ3v) is 10.0.